The van der Waals surface area contributed by atoms with E-state index in [1.807, 2.05) is 6.92 Å². The van der Waals surface area contributed by atoms with Gasteiger partial charge in [-0.25, -0.2) is 4.79 Å². The maximum Gasteiger partial charge on any atom is 0.332 e. The van der Waals surface area contributed by atoms with Crippen molar-refractivity contribution in [3.05, 3.63) is 0 Å². The SMILES string of the molecule is CCN(CC)C1CC(C(O)C(=O)O)C1C. The quantitative estimate of drug-likeness (QED) is 0.712. The molecule has 0 aliphatic heterocycles. The molecule has 4 unspecified atom stereocenters. The second kappa shape index (κ2) is 4.94. The summed E-state index contributed by atoms with van der Waals surface area (Å²) in [6.45, 7) is 8.22. The van der Waals surface area contributed by atoms with E-state index in [0.29, 0.717) is 6.04 Å². The Morgan fingerprint density at radius 1 is 1.47 bits per heavy atom. The molecule has 1 saturated carbocycles. The third-order valence-corrected chi connectivity index (χ3v) is 3.74. The fourth-order valence-corrected chi connectivity index (χ4v) is 2.57. The first-order chi connectivity index (χ1) is 7.02. The summed E-state index contributed by atoms with van der Waals surface area (Å²) in [7, 11) is 0. The van der Waals surface area contributed by atoms with Gasteiger partial charge in [0.2, 0.25) is 0 Å². The van der Waals surface area contributed by atoms with Gasteiger partial charge in [0.1, 0.15) is 0 Å². The van der Waals surface area contributed by atoms with Gasteiger partial charge in [-0.2, -0.15) is 0 Å². The van der Waals surface area contributed by atoms with E-state index in [4.69, 9.17) is 5.11 Å². The van der Waals surface area contributed by atoms with Crippen LogP contribution in [0.2, 0.25) is 0 Å². The minimum absolute atomic E-state index is 0.0758. The highest BCUT2D eigenvalue weighted by atomic mass is 16.4. The predicted octanol–water partition coefficient (Wildman–Crippen LogP) is 0.798. The Morgan fingerprint density at radius 2 is 2.00 bits per heavy atom. The number of rotatable bonds is 5. The summed E-state index contributed by atoms with van der Waals surface area (Å²) < 4.78 is 0. The molecule has 1 rings (SSSR count). The molecule has 0 bridgehead atoms. The normalized spacial score (nSPS) is 32.5. The molecule has 0 aromatic heterocycles. The molecule has 1 aliphatic rings. The summed E-state index contributed by atoms with van der Waals surface area (Å²) in [6, 6.07) is 0.444. The van der Waals surface area contributed by atoms with Crippen molar-refractivity contribution in [1.29, 1.82) is 0 Å². The zero-order chi connectivity index (χ0) is 11.6. The van der Waals surface area contributed by atoms with Crippen LogP contribution in [0.15, 0.2) is 0 Å². The molecule has 4 heteroatoms. The Kier molecular flexibility index (Phi) is 4.11. The molecule has 15 heavy (non-hydrogen) atoms. The average molecular weight is 215 g/mol. The van der Waals surface area contributed by atoms with Gasteiger partial charge < -0.3 is 15.1 Å². The van der Waals surface area contributed by atoms with Crippen molar-refractivity contribution in [2.24, 2.45) is 11.8 Å². The molecule has 1 fully saturated rings. The second-order valence-corrected chi connectivity index (χ2v) is 4.33. The maximum atomic E-state index is 10.6. The molecule has 0 heterocycles. The lowest BCUT2D eigenvalue weighted by Gasteiger charge is -2.49. The van der Waals surface area contributed by atoms with Gasteiger partial charge in [0.05, 0.1) is 0 Å². The standard InChI is InChI=1S/C11H21NO3/c1-4-12(5-2)9-6-8(7(9)3)10(13)11(14)15/h7-10,13H,4-6H2,1-3H3,(H,14,15). The van der Waals surface area contributed by atoms with E-state index in [1.165, 1.54) is 0 Å². The number of nitrogens with zero attached hydrogens (tertiary/aromatic N) is 1. The first-order valence-electron chi connectivity index (χ1n) is 5.67. The maximum absolute atomic E-state index is 10.6. The molecular weight excluding hydrogens is 194 g/mol. The number of aliphatic carboxylic acids is 1. The molecule has 0 saturated heterocycles. The molecule has 0 radical (unpaired) electrons. The van der Waals surface area contributed by atoms with E-state index in [-0.39, 0.29) is 11.8 Å². The lowest BCUT2D eigenvalue weighted by Crippen LogP contribution is -2.56. The Morgan fingerprint density at radius 3 is 2.33 bits per heavy atom. The Hall–Kier alpha value is -0.610. The van der Waals surface area contributed by atoms with Crippen LogP contribution in [0.5, 0.6) is 0 Å². The van der Waals surface area contributed by atoms with Crippen molar-refractivity contribution in [3.63, 3.8) is 0 Å². The number of carbonyl (C=O) groups is 1. The summed E-state index contributed by atoms with van der Waals surface area (Å²) in [5.74, 6) is -0.894. The van der Waals surface area contributed by atoms with Gasteiger partial charge in [-0.05, 0) is 25.4 Å². The lowest BCUT2D eigenvalue weighted by molar-refractivity contribution is -0.157. The van der Waals surface area contributed by atoms with Crippen LogP contribution < -0.4 is 0 Å². The van der Waals surface area contributed by atoms with E-state index >= 15 is 0 Å². The first kappa shape index (κ1) is 12.5. The molecule has 0 amide bonds. The van der Waals surface area contributed by atoms with Gasteiger partial charge in [-0.3, -0.25) is 0 Å². The minimum atomic E-state index is -1.19. The highest BCUT2D eigenvalue weighted by molar-refractivity contribution is 5.72. The first-order valence-corrected chi connectivity index (χ1v) is 5.67. The van der Waals surface area contributed by atoms with Gasteiger partial charge >= 0.3 is 5.97 Å². The zero-order valence-electron chi connectivity index (χ0n) is 9.68. The van der Waals surface area contributed by atoms with Gasteiger partial charge in [0.15, 0.2) is 6.10 Å². The van der Waals surface area contributed by atoms with Crippen molar-refractivity contribution < 1.29 is 15.0 Å². The van der Waals surface area contributed by atoms with Crippen molar-refractivity contribution >= 4 is 5.97 Å². The molecule has 88 valence electrons. The van der Waals surface area contributed by atoms with E-state index in [1.54, 1.807) is 0 Å². The number of aliphatic hydroxyl groups excluding tert-OH is 1. The van der Waals surface area contributed by atoms with Gasteiger partial charge in [0, 0.05) is 12.0 Å². The van der Waals surface area contributed by atoms with E-state index in [0.717, 1.165) is 19.5 Å². The molecule has 0 aromatic carbocycles. The van der Waals surface area contributed by atoms with Crippen molar-refractivity contribution in [1.82, 2.24) is 4.90 Å². The van der Waals surface area contributed by atoms with Crippen LogP contribution in [0.1, 0.15) is 27.2 Å². The molecule has 2 N–H and O–H groups in total. The summed E-state index contributed by atoms with van der Waals surface area (Å²) >= 11 is 0. The largest absolute Gasteiger partial charge is 0.479 e. The van der Waals surface area contributed by atoms with Crippen LogP contribution in [0.3, 0.4) is 0 Å². The number of hydrogen-bond acceptors (Lipinski definition) is 3. The summed E-state index contributed by atoms with van der Waals surface area (Å²) in [4.78, 5) is 13.0. The fraction of sp³-hybridized carbons (Fsp3) is 0.909. The highest BCUT2D eigenvalue weighted by Gasteiger charge is 2.45. The molecule has 0 spiro atoms. The summed E-state index contributed by atoms with van der Waals surface area (Å²) in [5, 5.41) is 18.2. The van der Waals surface area contributed by atoms with Crippen LogP contribution >= 0.6 is 0 Å². The summed E-state index contributed by atoms with van der Waals surface area (Å²) in [6.07, 6.45) is -0.386. The predicted molar refractivity (Wildman–Crippen MR) is 57.6 cm³/mol. The summed E-state index contributed by atoms with van der Waals surface area (Å²) in [5.41, 5.74) is 0. The van der Waals surface area contributed by atoms with Crippen molar-refractivity contribution in [3.8, 4) is 0 Å². The van der Waals surface area contributed by atoms with E-state index in [2.05, 4.69) is 18.7 Å². The Balaban J connectivity index is 2.50. The molecule has 0 aromatic rings. The van der Waals surface area contributed by atoms with Gasteiger partial charge in [0.25, 0.3) is 0 Å². The lowest BCUT2D eigenvalue weighted by atomic mass is 9.67. The fourth-order valence-electron chi connectivity index (χ4n) is 2.57. The van der Waals surface area contributed by atoms with Crippen LogP contribution in [0.25, 0.3) is 0 Å². The number of hydrogen-bond donors (Lipinski definition) is 2. The Bertz CT molecular complexity index is 228. The van der Waals surface area contributed by atoms with Gasteiger partial charge in [-0.15, -0.1) is 0 Å². The average Bonchev–Trinajstić information content (AvgIpc) is 2.21. The third-order valence-electron chi connectivity index (χ3n) is 3.74. The van der Waals surface area contributed by atoms with Crippen molar-refractivity contribution in [2.45, 2.75) is 39.3 Å². The van der Waals surface area contributed by atoms with Crippen LogP contribution in [0.4, 0.5) is 0 Å². The molecule has 1 aliphatic carbocycles. The van der Waals surface area contributed by atoms with Crippen LogP contribution in [-0.2, 0) is 4.79 Å². The van der Waals surface area contributed by atoms with Crippen molar-refractivity contribution in [2.75, 3.05) is 13.1 Å². The Labute approximate surface area is 90.9 Å². The number of carboxylic acids is 1. The molecular formula is C11H21NO3. The smallest absolute Gasteiger partial charge is 0.332 e. The van der Waals surface area contributed by atoms with Crippen LogP contribution in [-0.4, -0.2) is 46.3 Å². The topological polar surface area (TPSA) is 60.8 Å². The third kappa shape index (κ3) is 2.32. The number of carboxylic acid groups (broad SMARTS) is 1. The van der Waals surface area contributed by atoms with Crippen LogP contribution in [0, 0.1) is 11.8 Å². The zero-order valence-corrected chi connectivity index (χ0v) is 9.68. The van der Waals surface area contributed by atoms with E-state index < -0.39 is 12.1 Å². The highest BCUT2D eigenvalue weighted by Crippen LogP contribution is 2.40. The monoisotopic (exact) mass is 215 g/mol. The number of aliphatic hydroxyl groups is 1. The van der Waals surface area contributed by atoms with E-state index in [9.17, 15) is 9.90 Å². The molecule has 4 atom stereocenters. The molecule has 4 nitrogen and oxygen atoms in total. The minimum Gasteiger partial charge on any atom is -0.479 e. The second-order valence-electron chi connectivity index (χ2n) is 4.33. The van der Waals surface area contributed by atoms with Gasteiger partial charge in [-0.1, -0.05) is 20.8 Å².